The first-order chi connectivity index (χ1) is 9.19. The van der Waals surface area contributed by atoms with Gasteiger partial charge in [-0.15, -0.1) is 0 Å². The van der Waals surface area contributed by atoms with Crippen molar-refractivity contribution in [3.05, 3.63) is 24.3 Å². The summed E-state index contributed by atoms with van der Waals surface area (Å²) >= 11 is 0. The lowest BCUT2D eigenvalue weighted by molar-refractivity contribution is -0.145. The van der Waals surface area contributed by atoms with Crippen LogP contribution in [0.1, 0.15) is 0 Å². The number of amides is 2. The molecule has 1 aliphatic rings. The molecule has 1 aromatic carbocycles. The zero-order chi connectivity index (χ0) is 13.8. The first kappa shape index (κ1) is 12.9. The fourth-order valence-electron chi connectivity index (χ4n) is 1.99. The van der Waals surface area contributed by atoms with E-state index in [1.807, 2.05) is 6.07 Å². The van der Waals surface area contributed by atoms with Crippen molar-refractivity contribution in [2.75, 3.05) is 31.6 Å². The maximum Gasteiger partial charge on any atom is 0.316 e. The Balaban J connectivity index is 2.26. The van der Waals surface area contributed by atoms with Crippen LogP contribution in [0.5, 0.6) is 5.75 Å². The third-order valence-corrected chi connectivity index (χ3v) is 2.95. The van der Waals surface area contributed by atoms with E-state index in [-0.39, 0.29) is 6.54 Å². The smallest absolute Gasteiger partial charge is 0.316 e. The number of hydrogen-bond acceptors (Lipinski definition) is 4. The number of para-hydroxylation sites is 2. The van der Waals surface area contributed by atoms with Crippen molar-refractivity contribution in [1.29, 1.82) is 5.26 Å². The second kappa shape index (κ2) is 5.40. The number of carbonyl (C=O) groups is 2. The molecule has 0 saturated carbocycles. The molecule has 0 radical (unpaired) electrons. The molecule has 1 aliphatic heterocycles. The molecule has 2 amide bonds. The number of nitriles is 1. The van der Waals surface area contributed by atoms with E-state index in [9.17, 15) is 9.59 Å². The predicted octanol–water partition coefficient (Wildman–Crippen LogP) is 0.394. The summed E-state index contributed by atoms with van der Waals surface area (Å²) in [5.74, 6) is -0.748. The van der Waals surface area contributed by atoms with Gasteiger partial charge in [0.15, 0.2) is 0 Å². The predicted molar refractivity (Wildman–Crippen MR) is 67.5 cm³/mol. The van der Waals surface area contributed by atoms with E-state index in [0.29, 0.717) is 24.5 Å². The van der Waals surface area contributed by atoms with Crippen molar-refractivity contribution in [3.63, 3.8) is 0 Å². The van der Waals surface area contributed by atoms with Crippen molar-refractivity contribution in [2.45, 2.75) is 0 Å². The summed E-state index contributed by atoms with van der Waals surface area (Å²) in [7, 11) is 1.51. The molecule has 0 bridgehead atoms. The Hall–Kier alpha value is -2.55. The van der Waals surface area contributed by atoms with Crippen LogP contribution in [-0.2, 0) is 9.59 Å². The Bertz CT molecular complexity index is 550. The van der Waals surface area contributed by atoms with Crippen molar-refractivity contribution >= 4 is 17.5 Å². The minimum absolute atomic E-state index is 0.0651. The molecule has 1 fully saturated rings. The number of rotatable bonds is 3. The Morgan fingerprint density at radius 2 is 2.00 bits per heavy atom. The molecule has 0 spiro atoms. The third kappa shape index (κ3) is 2.36. The number of anilines is 1. The van der Waals surface area contributed by atoms with Gasteiger partial charge in [0.1, 0.15) is 12.3 Å². The first-order valence-corrected chi connectivity index (χ1v) is 5.79. The van der Waals surface area contributed by atoms with Crippen LogP contribution >= 0.6 is 0 Å². The van der Waals surface area contributed by atoms with Gasteiger partial charge < -0.3 is 9.64 Å². The van der Waals surface area contributed by atoms with Gasteiger partial charge in [-0.05, 0) is 12.1 Å². The Labute approximate surface area is 110 Å². The molecule has 98 valence electrons. The van der Waals surface area contributed by atoms with Gasteiger partial charge in [0.2, 0.25) is 0 Å². The van der Waals surface area contributed by atoms with Crippen LogP contribution in [0.2, 0.25) is 0 Å². The molecule has 1 saturated heterocycles. The largest absolute Gasteiger partial charge is 0.495 e. The van der Waals surface area contributed by atoms with Gasteiger partial charge in [-0.3, -0.25) is 14.5 Å². The van der Waals surface area contributed by atoms with Crippen LogP contribution in [0.4, 0.5) is 5.69 Å². The van der Waals surface area contributed by atoms with Crippen LogP contribution in [-0.4, -0.2) is 43.5 Å². The van der Waals surface area contributed by atoms with Crippen molar-refractivity contribution in [2.24, 2.45) is 0 Å². The molecule has 0 aliphatic carbocycles. The second-order valence-electron chi connectivity index (χ2n) is 4.01. The number of ether oxygens (including phenoxy) is 1. The highest BCUT2D eigenvalue weighted by Crippen LogP contribution is 2.28. The van der Waals surface area contributed by atoms with Crippen molar-refractivity contribution < 1.29 is 14.3 Å². The fraction of sp³-hybridized carbons (Fsp3) is 0.308. The summed E-state index contributed by atoms with van der Waals surface area (Å²) in [5, 5.41) is 8.60. The van der Waals surface area contributed by atoms with Gasteiger partial charge >= 0.3 is 11.8 Å². The molecule has 0 unspecified atom stereocenters. The fourth-order valence-corrected chi connectivity index (χ4v) is 1.99. The minimum Gasteiger partial charge on any atom is -0.495 e. The molecule has 2 rings (SSSR count). The average Bonchev–Trinajstić information content (AvgIpc) is 2.44. The molecule has 0 atom stereocenters. The van der Waals surface area contributed by atoms with E-state index in [1.54, 1.807) is 24.3 Å². The molecular formula is C13H13N3O3. The molecule has 1 heterocycles. The Morgan fingerprint density at radius 3 is 2.68 bits per heavy atom. The molecule has 0 N–H and O–H groups in total. The molecule has 0 aromatic heterocycles. The summed E-state index contributed by atoms with van der Waals surface area (Å²) in [4.78, 5) is 26.5. The van der Waals surface area contributed by atoms with Gasteiger partial charge in [0.05, 0.1) is 18.9 Å². The third-order valence-electron chi connectivity index (χ3n) is 2.95. The van der Waals surface area contributed by atoms with Crippen LogP contribution in [0, 0.1) is 11.3 Å². The van der Waals surface area contributed by atoms with Crippen LogP contribution < -0.4 is 9.64 Å². The molecular weight excluding hydrogens is 246 g/mol. The average molecular weight is 259 g/mol. The Kier molecular flexibility index (Phi) is 3.66. The van der Waals surface area contributed by atoms with Crippen LogP contribution in [0.15, 0.2) is 24.3 Å². The van der Waals surface area contributed by atoms with Crippen molar-refractivity contribution in [1.82, 2.24) is 4.90 Å². The normalized spacial score (nSPS) is 15.4. The standard InChI is InChI=1S/C13H13N3O3/c1-19-11-5-3-2-4-10(11)16-9-8-15(7-6-14)12(17)13(16)18/h2-5H,7-9H2,1H3. The SMILES string of the molecule is COc1ccccc1N1CCN(CC#N)C(=O)C1=O. The lowest BCUT2D eigenvalue weighted by Crippen LogP contribution is -2.54. The lowest BCUT2D eigenvalue weighted by atomic mass is 10.2. The first-order valence-electron chi connectivity index (χ1n) is 5.79. The monoisotopic (exact) mass is 259 g/mol. The highest BCUT2D eigenvalue weighted by Gasteiger charge is 2.34. The van der Waals surface area contributed by atoms with Gasteiger partial charge in [0, 0.05) is 13.1 Å². The summed E-state index contributed by atoms with van der Waals surface area (Å²) in [5.41, 5.74) is 0.569. The molecule has 6 nitrogen and oxygen atoms in total. The lowest BCUT2D eigenvalue weighted by Gasteiger charge is -2.33. The highest BCUT2D eigenvalue weighted by molar-refractivity contribution is 6.41. The van der Waals surface area contributed by atoms with Crippen LogP contribution in [0.25, 0.3) is 0 Å². The highest BCUT2D eigenvalue weighted by atomic mass is 16.5. The Morgan fingerprint density at radius 1 is 1.26 bits per heavy atom. The van der Waals surface area contributed by atoms with E-state index in [4.69, 9.17) is 10.00 Å². The second-order valence-corrected chi connectivity index (χ2v) is 4.01. The van der Waals surface area contributed by atoms with E-state index >= 15 is 0 Å². The number of methoxy groups -OCH3 is 1. The summed E-state index contributed by atoms with van der Waals surface area (Å²) < 4.78 is 5.19. The number of hydrogen-bond donors (Lipinski definition) is 0. The number of carbonyl (C=O) groups excluding carboxylic acids is 2. The minimum atomic E-state index is -0.654. The maximum atomic E-state index is 12.0. The van der Waals surface area contributed by atoms with Gasteiger partial charge in [0.25, 0.3) is 0 Å². The zero-order valence-corrected chi connectivity index (χ0v) is 10.5. The van der Waals surface area contributed by atoms with E-state index in [0.717, 1.165) is 0 Å². The summed E-state index contributed by atoms with van der Waals surface area (Å²) in [6.07, 6.45) is 0. The van der Waals surface area contributed by atoms with Crippen molar-refractivity contribution in [3.8, 4) is 11.8 Å². The van der Waals surface area contributed by atoms with E-state index < -0.39 is 11.8 Å². The van der Waals surface area contributed by atoms with Crippen LogP contribution in [0.3, 0.4) is 0 Å². The number of piperazine rings is 1. The summed E-state index contributed by atoms with van der Waals surface area (Å²) in [6.45, 7) is 0.632. The molecule has 19 heavy (non-hydrogen) atoms. The van der Waals surface area contributed by atoms with E-state index in [1.165, 1.54) is 16.9 Å². The zero-order valence-electron chi connectivity index (χ0n) is 10.5. The van der Waals surface area contributed by atoms with E-state index in [2.05, 4.69) is 0 Å². The van der Waals surface area contributed by atoms with Gasteiger partial charge in [-0.2, -0.15) is 5.26 Å². The quantitative estimate of drug-likeness (QED) is 0.581. The van der Waals surface area contributed by atoms with Gasteiger partial charge in [-0.1, -0.05) is 12.1 Å². The molecule has 6 heteroatoms. The number of benzene rings is 1. The maximum absolute atomic E-state index is 12.0. The number of nitrogens with zero attached hydrogens (tertiary/aromatic N) is 3. The summed E-state index contributed by atoms with van der Waals surface area (Å²) in [6, 6.07) is 8.90. The molecule has 1 aromatic rings. The topological polar surface area (TPSA) is 73.6 Å². The van der Waals surface area contributed by atoms with Gasteiger partial charge in [-0.25, -0.2) is 0 Å².